The summed E-state index contributed by atoms with van der Waals surface area (Å²) >= 11 is 0. The Labute approximate surface area is 109 Å². The van der Waals surface area contributed by atoms with E-state index in [4.69, 9.17) is 10.2 Å². The second-order valence-electron chi connectivity index (χ2n) is 4.40. The average Bonchev–Trinajstić information content (AvgIpc) is 2.38. The van der Waals surface area contributed by atoms with Crippen molar-refractivity contribution < 1.29 is 18.6 Å². The van der Waals surface area contributed by atoms with Gasteiger partial charge in [-0.1, -0.05) is 6.08 Å². The van der Waals surface area contributed by atoms with Crippen molar-refractivity contribution in [2.75, 3.05) is 39.4 Å². The van der Waals surface area contributed by atoms with E-state index in [0.717, 1.165) is 0 Å². The number of piperidine rings is 1. The third-order valence-electron chi connectivity index (χ3n) is 3.17. The zero-order valence-corrected chi connectivity index (χ0v) is 11.3. The van der Waals surface area contributed by atoms with Crippen LogP contribution in [0.25, 0.3) is 0 Å². The number of nitrogens with zero attached hydrogens (tertiary/aromatic N) is 2. The highest BCUT2D eigenvalue weighted by Gasteiger charge is 2.31. The van der Waals surface area contributed by atoms with Gasteiger partial charge in [-0.15, -0.1) is 6.58 Å². The molecule has 2 N–H and O–H groups in total. The maximum absolute atomic E-state index is 12.3. The predicted molar refractivity (Wildman–Crippen MR) is 69.2 cm³/mol. The highest BCUT2D eigenvalue weighted by atomic mass is 32.2. The van der Waals surface area contributed by atoms with Crippen LogP contribution in [-0.4, -0.2) is 66.6 Å². The summed E-state index contributed by atoms with van der Waals surface area (Å²) < 4.78 is 27.2. The minimum absolute atomic E-state index is 0.0777. The van der Waals surface area contributed by atoms with Crippen molar-refractivity contribution in [3.63, 3.8) is 0 Å². The largest absolute Gasteiger partial charge is 0.396 e. The summed E-state index contributed by atoms with van der Waals surface area (Å²) in [6.45, 7) is 4.55. The van der Waals surface area contributed by atoms with Crippen LogP contribution in [-0.2, 0) is 10.2 Å². The van der Waals surface area contributed by atoms with Crippen LogP contribution in [0.3, 0.4) is 0 Å². The lowest BCUT2D eigenvalue weighted by atomic mass is 10.00. The van der Waals surface area contributed by atoms with Gasteiger partial charge < -0.3 is 10.2 Å². The summed E-state index contributed by atoms with van der Waals surface area (Å²) in [7, 11) is -3.53. The Hall–Kier alpha value is -0.470. The van der Waals surface area contributed by atoms with Gasteiger partial charge in [0.05, 0.1) is 6.61 Å². The molecule has 1 saturated heterocycles. The first kappa shape index (κ1) is 15.6. The van der Waals surface area contributed by atoms with Crippen LogP contribution in [0.4, 0.5) is 0 Å². The smallest absolute Gasteiger partial charge is 0.282 e. The zero-order valence-electron chi connectivity index (χ0n) is 10.5. The third kappa shape index (κ3) is 3.76. The molecule has 1 fully saturated rings. The van der Waals surface area contributed by atoms with Crippen molar-refractivity contribution in [3.05, 3.63) is 12.7 Å². The van der Waals surface area contributed by atoms with E-state index in [-0.39, 0.29) is 32.2 Å². The maximum Gasteiger partial charge on any atom is 0.282 e. The van der Waals surface area contributed by atoms with Gasteiger partial charge in [0.1, 0.15) is 0 Å². The molecule has 106 valence electrons. The lowest BCUT2D eigenvalue weighted by molar-refractivity contribution is 0.165. The molecule has 0 aliphatic carbocycles. The average molecular weight is 278 g/mol. The summed E-state index contributed by atoms with van der Waals surface area (Å²) in [6.07, 6.45) is 2.86. The molecule has 1 aliphatic rings. The molecule has 6 nitrogen and oxygen atoms in total. The number of hydrogen-bond donors (Lipinski definition) is 2. The predicted octanol–water partition coefficient (Wildman–Crippen LogP) is -0.584. The highest BCUT2D eigenvalue weighted by molar-refractivity contribution is 7.86. The Balaban J connectivity index is 2.69. The fourth-order valence-corrected chi connectivity index (χ4v) is 3.65. The van der Waals surface area contributed by atoms with E-state index in [0.29, 0.717) is 25.9 Å². The van der Waals surface area contributed by atoms with Crippen molar-refractivity contribution in [3.8, 4) is 0 Å². The molecule has 0 saturated carbocycles. The Morgan fingerprint density at radius 3 is 2.39 bits per heavy atom. The molecule has 0 aromatic heterocycles. The second kappa shape index (κ2) is 7.20. The lowest BCUT2D eigenvalue weighted by Gasteiger charge is -2.33. The number of hydrogen-bond acceptors (Lipinski definition) is 4. The summed E-state index contributed by atoms with van der Waals surface area (Å²) in [5.74, 6) is 0.196. The quantitative estimate of drug-likeness (QED) is 0.610. The van der Waals surface area contributed by atoms with E-state index in [1.54, 1.807) is 0 Å². The van der Waals surface area contributed by atoms with Gasteiger partial charge in [0.15, 0.2) is 0 Å². The number of rotatable bonds is 7. The van der Waals surface area contributed by atoms with E-state index in [9.17, 15) is 8.42 Å². The van der Waals surface area contributed by atoms with E-state index >= 15 is 0 Å². The van der Waals surface area contributed by atoms with Gasteiger partial charge in [0.25, 0.3) is 10.2 Å². The minimum atomic E-state index is -3.53. The first-order valence-electron chi connectivity index (χ1n) is 6.14. The summed E-state index contributed by atoms with van der Waals surface area (Å²) in [5.41, 5.74) is 0. The van der Waals surface area contributed by atoms with Crippen molar-refractivity contribution in [1.29, 1.82) is 0 Å². The molecular formula is C11H22N2O4S. The van der Waals surface area contributed by atoms with Crippen LogP contribution >= 0.6 is 0 Å². The molecule has 1 heterocycles. The molecule has 0 spiro atoms. The van der Waals surface area contributed by atoms with Crippen LogP contribution in [0.15, 0.2) is 12.7 Å². The molecule has 0 radical (unpaired) electrons. The van der Waals surface area contributed by atoms with Gasteiger partial charge in [-0.3, -0.25) is 0 Å². The van der Waals surface area contributed by atoms with Crippen molar-refractivity contribution >= 4 is 10.2 Å². The summed E-state index contributed by atoms with van der Waals surface area (Å²) in [6, 6.07) is 0. The second-order valence-corrected chi connectivity index (χ2v) is 6.33. The number of aliphatic hydroxyl groups excluding tert-OH is 2. The first-order chi connectivity index (χ1) is 8.56. The van der Waals surface area contributed by atoms with Gasteiger partial charge >= 0.3 is 0 Å². The molecule has 0 unspecified atom stereocenters. The molecule has 18 heavy (non-hydrogen) atoms. The molecule has 0 aromatic carbocycles. The van der Waals surface area contributed by atoms with E-state index in [1.165, 1.54) is 14.7 Å². The molecule has 0 aromatic rings. The Kier molecular flexibility index (Phi) is 6.24. The minimum Gasteiger partial charge on any atom is -0.396 e. The van der Waals surface area contributed by atoms with Crippen molar-refractivity contribution in [1.82, 2.24) is 8.61 Å². The van der Waals surface area contributed by atoms with E-state index in [2.05, 4.69) is 6.58 Å². The summed E-state index contributed by atoms with van der Waals surface area (Å²) in [4.78, 5) is 0. The molecule has 0 bridgehead atoms. The number of aliphatic hydroxyl groups is 2. The molecule has 1 aliphatic heterocycles. The van der Waals surface area contributed by atoms with Gasteiger partial charge in [-0.25, -0.2) is 0 Å². The van der Waals surface area contributed by atoms with Gasteiger partial charge in [-0.05, 0) is 18.8 Å². The molecule has 7 heteroatoms. The van der Waals surface area contributed by atoms with Gasteiger partial charge in [-0.2, -0.15) is 17.0 Å². The maximum atomic E-state index is 12.3. The standard InChI is InChI=1S/C11H22N2O4S/c1-2-5-12(8-9-14)18(16,17)13-6-3-11(10-15)4-7-13/h2,11,14-15H,1,3-10H2. The SMILES string of the molecule is C=CCN(CCO)S(=O)(=O)N1CCC(CO)CC1. The van der Waals surface area contributed by atoms with Crippen LogP contribution in [0.5, 0.6) is 0 Å². The van der Waals surface area contributed by atoms with Crippen LogP contribution in [0, 0.1) is 5.92 Å². The Morgan fingerprint density at radius 2 is 1.94 bits per heavy atom. The fourth-order valence-electron chi connectivity index (χ4n) is 2.04. The van der Waals surface area contributed by atoms with Crippen LogP contribution in [0.1, 0.15) is 12.8 Å². The van der Waals surface area contributed by atoms with E-state index < -0.39 is 10.2 Å². The Bertz CT molecular complexity index is 350. The monoisotopic (exact) mass is 278 g/mol. The summed E-state index contributed by atoms with van der Waals surface area (Å²) in [5, 5.41) is 17.9. The van der Waals surface area contributed by atoms with Gasteiger partial charge in [0, 0.05) is 32.8 Å². The molecular weight excluding hydrogens is 256 g/mol. The topological polar surface area (TPSA) is 81.1 Å². The fraction of sp³-hybridized carbons (Fsp3) is 0.818. The molecule has 1 rings (SSSR count). The highest BCUT2D eigenvalue weighted by Crippen LogP contribution is 2.20. The van der Waals surface area contributed by atoms with Gasteiger partial charge in [0.2, 0.25) is 0 Å². The first-order valence-corrected chi connectivity index (χ1v) is 7.53. The molecule has 0 atom stereocenters. The third-order valence-corrected chi connectivity index (χ3v) is 5.17. The molecule has 0 amide bonds. The zero-order chi connectivity index (χ0) is 13.6. The normalized spacial score (nSPS) is 19.3. The van der Waals surface area contributed by atoms with E-state index in [1.807, 2.05) is 0 Å². The van der Waals surface area contributed by atoms with Crippen molar-refractivity contribution in [2.45, 2.75) is 12.8 Å². The van der Waals surface area contributed by atoms with Crippen molar-refractivity contribution in [2.24, 2.45) is 5.92 Å². The Morgan fingerprint density at radius 1 is 1.33 bits per heavy atom. The lowest BCUT2D eigenvalue weighted by Crippen LogP contribution is -2.48. The van der Waals surface area contributed by atoms with Crippen LogP contribution in [0.2, 0.25) is 0 Å². The van der Waals surface area contributed by atoms with Crippen LogP contribution < -0.4 is 0 Å².